The highest BCUT2D eigenvalue weighted by Crippen LogP contribution is 2.27. The third kappa shape index (κ3) is 12.2. The Balaban J connectivity index is 2.17. The number of para-hydroxylation sites is 2. The monoisotopic (exact) mass is 693 g/mol. The van der Waals surface area contributed by atoms with E-state index < -0.39 is 64.0 Å². The number of thioether (sulfide) groups is 2. The molecule has 0 bridgehead atoms. The van der Waals surface area contributed by atoms with E-state index >= 15 is 0 Å². The van der Waals surface area contributed by atoms with Crippen LogP contribution in [-0.2, 0) is 28.8 Å². The van der Waals surface area contributed by atoms with Crippen LogP contribution in [0, 0.1) is 0 Å². The molecule has 4 N–H and O–H groups in total. The van der Waals surface area contributed by atoms with Crippen molar-refractivity contribution in [1.29, 1.82) is 0 Å². The maximum atomic E-state index is 13.2. The Kier molecular flexibility index (Phi) is 15.3. The first-order valence-corrected chi connectivity index (χ1v) is 15.9. The van der Waals surface area contributed by atoms with Gasteiger partial charge in [-0.1, -0.05) is 47.8 Å². The Labute approximate surface area is 277 Å². The van der Waals surface area contributed by atoms with Crippen molar-refractivity contribution in [2.24, 2.45) is 0 Å². The van der Waals surface area contributed by atoms with Crippen molar-refractivity contribution < 1.29 is 52.9 Å². The first-order valence-electron chi connectivity index (χ1n) is 13.3. The fraction of sp³-hybridized carbons (Fsp3) is 0.310. The number of ether oxygens (including phenoxy) is 2. The van der Waals surface area contributed by atoms with Gasteiger partial charge >= 0.3 is 17.9 Å². The van der Waals surface area contributed by atoms with E-state index in [0.29, 0.717) is 23.5 Å². The topological polar surface area (TPSA) is 211 Å². The van der Waals surface area contributed by atoms with Crippen LogP contribution in [0.1, 0.15) is 41.5 Å². The maximum absolute atomic E-state index is 13.2. The van der Waals surface area contributed by atoms with Crippen molar-refractivity contribution in [2.45, 2.75) is 38.9 Å². The molecule has 3 atom stereocenters. The van der Waals surface area contributed by atoms with Gasteiger partial charge in [0.05, 0.1) is 5.56 Å². The van der Waals surface area contributed by atoms with Crippen molar-refractivity contribution in [3.8, 4) is 11.5 Å². The number of aliphatic carboxylic acids is 1. The number of amides is 3. The molecule has 0 aliphatic rings. The number of esters is 2. The van der Waals surface area contributed by atoms with Gasteiger partial charge in [0.15, 0.2) is 0 Å². The number of carboxylic acids is 1. The number of thiol groups is 1. The van der Waals surface area contributed by atoms with E-state index in [1.807, 2.05) is 0 Å². The van der Waals surface area contributed by atoms with Crippen LogP contribution in [0.25, 0.3) is 0 Å². The van der Waals surface area contributed by atoms with Gasteiger partial charge in [0.25, 0.3) is 0 Å². The Morgan fingerprint density at radius 1 is 0.696 bits per heavy atom. The van der Waals surface area contributed by atoms with E-state index in [9.17, 15) is 43.5 Å². The SMILES string of the molecule is CC(=O)NC(CSC(=O)C(CSC(=O)c1ccccc1OC(=O)c1ccccc1OC(=O)C(CS)NC(C)=O)NC(C)=O)C(=O)O. The third-order valence-electron chi connectivity index (χ3n) is 5.58. The molecule has 0 fully saturated rings. The molecule has 46 heavy (non-hydrogen) atoms. The molecule has 0 saturated heterocycles. The van der Waals surface area contributed by atoms with Gasteiger partial charge in [0.2, 0.25) is 28.0 Å². The summed E-state index contributed by atoms with van der Waals surface area (Å²) in [5.41, 5.74) is -0.201. The molecular weight excluding hydrogens is 663 g/mol. The van der Waals surface area contributed by atoms with Gasteiger partial charge < -0.3 is 30.5 Å². The average Bonchev–Trinajstić information content (AvgIpc) is 2.99. The average molecular weight is 694 g/mol. The molecule has 0 heterocycles. The molecule has 2 rings (SSSR count). The van der Waals surface area contributed by atoms with Gasteiger partial charge in [-0.25, -0.2) is 14.4 Å². The Morgan fingerprint density at radius 3 is 1.72 bits per heavy atom. The number of hydrogen-bond acceptors (Lipinski definition) is 13. The summed E-state index contributed by atoms with van der Waals surface area (Å²) < 4.78 is 10.8. The molecule has 3 unspecified atom stereocenters. The molecule has 2 aromatic carbocycles. The van der Waals surface area contributed by atoms with Gasteiger partial charge in [-0.2, -0.15) is 12.6 Å². The molecule has 17 heteroatoms. The molecule has 0 aromatic heterocycles. The predicted molar refractivity (Wildman–Crippen MR) is 172 cm³/mol. The lowest BCUT2D eigenvalue weighted by molar-refractivity contribution is -0.140. The Bertz CT molecular complexity index is 1500. The summed E-state index contributed by atoms with van der Waals surface area (Å²) in [5.74, 6) is -5.78. The van der Waals surface area contributed by atoms with E-state index in [1.54, 1.807) is 0 Å². The highest BCUT2D eigenvalue weighted by molar-refractivity contribution is 8.15. The second-order valence-corrected chi connectivity index (χ2v) is 11.7. The fourth-order valence-corrected chi connectivity index (χ4v) is 5.67. The van der Waals surface area contributed by atoms with E-state index in [4.69, 9.17) is 9.47 Å². The minimum absolute atomic E-state index is 0.0469. The number of rotatable bonds is 15. The summed E-state index contributed by atoms with van der Waals surface area (Å²) in [6.07, 6.45) is 0. The number of hydrogen-bond donors (Lipinski definition) is 5. The summed E-state index contributed by atoms with van der Waals surface area (Å²) in [6.45, 7) is 3.51. The second kappa shape index (κ2) is 18.6. The zero-order valence-corrected chi connectivity index (χ0v) is 27.3. The molecule has 0 spiro atoms. The van der Waals surface area contributed by atoms with E-state index in [2.05, 4.69) is 28.6 Å². The quantitative estimate of drug-likeness (QED) is 0.102. The van der Waals surface area contributed by atoms with Gasteiger partial charge in [-0.3, -0.25) is 24.0 Å². The van der Waals surface area contributed by atoms with E-state index in [-0.39, 0.29) is 39.9 Å². The van der Waals surface area contributed by atoms with Crippen LogP contribution in [0.2, 0.25) is 0 Å². The summed E-state index contributed by atoms with van der Waals surface area (Å²) in [7, 11) is 0. The Hall–Kier alpha value is -4.35. The van der Waals surface area contributed by atoms with Crippen LogP contribution in [0.4, 0.5) is 0 Å². The maximum Gasteiger partial charge on any atom is 0.347 e. The zero-order chi connectivity index (χ0) is 34.4. The number of carboxylic acid groups (broad SMARTS) is 1. The number of nitrogens with one attached hydrogen (secondary N) is 3. The number of carbonyl (C=O) groups excluding carboxylic acids is 7. The van der Waals surface area contributed by atoms with Crippen LogP contribution in [0.5, 0.6) is 11.5 Å². The summed E-state index contributed by atoms with van der Waals surface area (Å²) in [4.78, 5) is 97.5. The first kappa shape index (κ1) is 37.8. The van der Waals surface area contributed by atoms with Crippen LogP contribution >= 0.6 is 36.2 Å². The molecule has 0 radical (unpaired) electrons. The highest BCUT2D eigenvalue weighted by atomic mass is 32.2. The molecule has 246 valence electrons. The van der Waals surface area contributed by atoms with E-state index in [0.717, 1.165) is 13.8 Å². The fourth-order valence-electron chi connectivity index (χ4n) is 3.54. The molecule has 0 aliphatic heterocycles. The molecule has 2 aromatic rings. The predicted octanol–water partition coefficient (Wildman–Crippen LogP) is 1.47. The van der Waals surface area contributed by atoms with Gasteiger partial charge in [-0.05, 0) is 24.3 Å². The number of benzene rings is 2. The lowest BCUT2D eigenvalue weighted by Crippen LogP contribution is -2.44. The second-order valence-electron chi connectivity index (χ2n) is 9.31. The Morgan fingerprint density at radius 2 is 1.17 bits per heavy atom. The minimum atomic E-state index is -1.35. The highest BCUT2D eigenvalue weighted by Gasteiger charge is 2.28. The largest absolute Gasteiger partial charge is 0.480 e. The molecule has 14 nitrogen and oxygen atoms in total. The van der Waals surface area contributed by atoms with E-state index in [1.165, 1.54) is 55.5 Å². The smallest absolute Gasteiger partial charge is 0.347 e. The van der Waals surface area contributed by atoms with Gasteiger partial charge in [0, 0.05) is 38.0 Å². The third-order valence-corrected chi connectivity index (χ3v) is 8.00. The van der Waals surface area contributed by atoms with Crippen molar-refractivity contribution in [1.82, 2.24) is 16.0 Å². The van der Waals surface area contributed by atoms with Crippen LogP contribution in [-0.4, -0.2) is 86.4 Å². The lowest BCUT2D eigenvalue weighted by Gasteiger charge is -2.18. The summed E-state index contributed by atoms with van der Waals surface area (Å²) in [5, 5.41) is 15.0. The van der Waals surface area contributed by atoms with Crippen molar-refractivity contribution in [2.75, 3.05) is 17.3 Å². The summed E-state index contributed by atoms with van der Waals surface area (Å²) >= 11 is 5.25. The van der Waals surface area contributed by atoms with Crippen LogP contribution in [0.3, 0.4) is 0 Å². The zero-order valence-electron chi connectivity index (χ0n) is 24.8. The van der Waals surface area contributed by atoms with Crippen LogP contribution in [0.15, 0.2) is 48.5 Å². The van der Waals surface area contributed by atoms with Crippen molar-refractivity contribution >= 4 is 82.0 Å². The molecular formula is C29H31N3O11S3. The summed E-state index contributed by atoms with van der Waals surface area (Å²) in [6, 6.07) is 7.81. The molecule has 3 amide bonds. The van der Waals surface area contributed by atoms with Gasteiger partial charge in [-0.15, -0.1) is 0 Å². The first-order chi connectivity index (χ1) is 21.7. The standard InChI is InChI=1S/C29H31N3O11S3/c1-15(33)30-20(12-44)27(39)43-23-10-6-4-8-18(23)26(38)42-24-11-7-5-9-19(24)28(40)45-14-22(32-17(3)35)29(41)46-13-21(25(36)37)31-16(2)34/h4-11,20-22,44H,12-14H2,1-3H3,(H,30,33)(H,31,34)(H,32,35)(H,36,37). The minimum Gasteiger partial charge on any atom is -0.480 e. The lowest BCUT2D eigenvalue weighted by atomic mass is 10.2. The van der Waals surface area contributed by atoms with Crippen molar-refractivity contribution in [3.63, 3.8) is 0 Å². The molecule has 0 saturated carbocycles. The van der Waals surface area contributed by atoms with Crippen molar-refractivity contribution in [3.05, 3.63) is 59.7 Å². The normalized spacial score (nSPS) is 12.4. The van der Waals surface area contributed by atoms with Gasteiger partial charge in [0.1, 0.15) is 35.2 Å². The molecule has 0 aliphatic carbocycles. The van der Waals surface area contributed by atoms with Crippen LogP contribution < -0.4 is 25.4 Å². The number of carbonyl (C=O) groups is 8.